The molecular weight excluding hydrogens is 275 g/mol. The van der Waals surface area contributed by atoms with E-state index in [2.05, 4.69) is 4.74 Å². The average Bonchev–Trinajstić information content (AvgIpc) is 2.36. The number of nitrogens with zero attached hydrogens (tertiary/aromatic N) is 1. The number of nitriles is 1. The zero-order chi connectivity index (χ0) is 15.3. The first-order valence-corrected chi connectivity index (χ1v) is 5.58. The van der Waals surface area contributed by atoms with Crippen LogP contribution in [0.5, 0.6) is 0 Å². The van der Waals surface area contributed by atoms with E-state index >= 15 is 0 Å². The van der Waals surface area contributed by atoms with Gasteiger partial charge in [0.25, 0.3) is 0 Å². The lowest BCUT2D eigenvalue weighted by molar-refractivity contribution is -0.143. The van der Waals surface area contributed by atoms with Crippen molar-refractivity contribution in [3.63, 3.8) is 0 Å². The minimum atomic E-state index is -4.80. The summed E-state index contributed by atoms with van der Waals surface area (Å²) in [4.78, 5) is 22.0. The third-order valence-electron chi connectivity index (χ3n) is 2.42. The summed E-state index contributed by atoms with van der Waals surface area (Å²) in [6.45, 7) is 1.55. The van der Waals surface area contributed by atoms with Crippen LogP contribution in [0.3, 0.4) is 0 Å². The maximum atomic E-state index is 13.0. The van der Waals surface area contributed by atoms with Gasteiger partial charge < -0.3 is 4.74 Å². The molecule has 0 aliphatic rings. The fourth-order valence-corrected chi connectivity index (χ4v) is 1.72. The summed E-state index contributed by atoms with van der Waals surface area (Å²) < 4.78 is 43.5. The van der Waals surface area contributed by atoms with Crippen molar-refractivity contribution in [2.75, 3.05) is 6.61 Å². The number of rotatable bonds is 4. The molecule has 0 unspecified atom stereocenters. The molecule has 7 heteroatoms. The molecule has 4 nitrogen and oxygen atoms in total. The van der Waals surface area contributed by atoms with Crippen molar-refractivity contribution in [2.45, 2.75) is 19.5 Å². The van der Waals surface area contributed by atoms with Gasteiger partial charge in [-0.15, -0.1) is 0 Å². The average molecular weight is 285 g/mol. The molecule has 0 radical (unpaired) electrons. The molecule has 1 aromatic carbocycles. The van der Waals surface area contributed by atoms with Crippen LogP contribution in [-0.2, 0) is 22.1 Å². The van der Waals surface area contributed by atoms with Gasteiger partial charge in [-0.1, -0.05) is 0 Å². The highest BCUT2D eigenvalue weighted by Gasteiger charge is 2.37. The number of halogens is 3. The molecule has 0 spiro atoms. The highest BCUT2D eigenvalue weighted by atomic mass is 19.4. The maximum Gasteiger partial charge on any atom is 0.417 e. The Morgan fingerprint density at radius 3 is 2.55 bits per heavy atom. The number of ether oxygens (including phenoxy) is 1. The maximum absolute atomic E-state index is 13.0. The molecule has 0 saturated carbocycles. The van der Waals surface area contributed by atoms with Gasteiger partial charge in [0.15, 0.2) is 0 Å². The van der Waals surface area contributed by atoms with Crippen LogP contribution in [-0.4, -0.2) is 18.9 Å². The Hall–Kier alpha value is -2.36. The van der Waals surface area contributed by atoms with E-state index < -0.39 is 35.3 Å². The molecule has 0 N–H and O–H groups in total. The first-order chi connectivity index (χ1) is 9.33. The van der Waals surface area contributed by atoms with Gasteiger partial charge in [-0.3, -0.25) is 9.59 Å². The third kappa shape index (κ3) is 3.57. The summed E-state index contributed by atoms with van der Waals surface area (Å²) in [5, 5.41) is 8.78. The lowest BCUT2D eigenvalue weighted by atomic mass is 9.96. The van der Waals surface area contributed by atoms with Crippen molar-refractivity contribution in [1.82, 2.24) is 0 Å². The zero-order valence-corrected chi connectivity index (χ0v) is 10.5. The first kappa shape index (κ1) is 15.7. The Kier molecular flexibility index (Phi) is 4.86. The van der Waals surface area contributed by atoms with Gasteiger partial charge in [-0.05, 0) is 24.6 Å². The van der Waals surface area contributed by atoms with E-state index in [1.807, 2.05) is 0 Å². The van der Waals surface area contributed by atoms with Crippen molar-refractivity contribution in [2.24, 2.45) is 0 Å². The predicted octanol–water partition coefficient (Wildman–Crippen LogP) is 2.50. The number of hydrogen-bond donors (Lipinski definition) is 0. The lowest BCUT2D eigenvalue weighted by Gasteiger charge is -2.14. The molecule has 0 aliphatic heterocycles. The van der Waals surface area contributed by atoms with Crippen LogP contribution < -0.4 is 0 Å². The monoisotopic (exact) mass is 285 g/mol. The standard InChI is InChI=1S/C13H10F3NO3/c1-2-20-11(19)5-9-3-8(7-18)4-10(6-17)12(9)13(14,15)16/h3-4,7H,2,5H2,1H3. The minimum absolute atomic E-state index is 0.0265. The van der Waals surface area contributed by atoms with Gasteiger partial charge in [0.1, 0.15) is 6.29 Å². The SMILES string of the molecule is CCOC(=O)Cc1cc(C=O)cc(C#N)c1C(F)(F)F. The molecule has 0 amide bonds. The van der Waals surface area contributed by atoms with Crippen molar-refractivity contribution < 1.29 is 27.5 Å². The van der Waals surface area contributed by atoms with Crippen LogP contribution in [0.15, 0.2) is 12.1 Å². The lowest BCUT2D eigenvalue weighted by Crippen LogP contribution is -2.16. The number of carbonyl (C=O) groups excluding carboxylic acids is 2. The number of alkyl halides is 3. The van der Waals surface area contributed by atoms with Crippen molar-refractivity contribution in [3.8, 4) is 6.07 Å². The molecule has 0 fully saturated rings. The molecule has 0 aliphatic carbocycles. The zero-order valence-electron chi connectivity index (χ0n) is 10.5. The Morgan fingerprint density at radius 2 is 2.10 bits per heavy atom. The molecule has 0 aromatic heterocycles. The van der Waals surface area contributed by atoms with Crippen molar-refractivity contribution >= 4 is 12.3 Å². The molecule has 106 valence electrons. The van der Waals surface area contributed by atoms with E-state index in [0.29, 0.717) is 6.29 Å². The highest BCUT2D eigenvalue weighted by Crippen LogP contribution is 2.35. The second-order valence-corrected chi connectivity index (χ2v) is 3.81. The summed E-state index contributed by atoms with van der Waals surface area (Å²) in [5.74, 6) is -0.857. The van der Waals surface area contributed by atoms with E-state index in [-0.39, 0.29) is 12.2 Å². The topological polar surface area (TPSA) is 67.2 Å². The largest absolute Gasteiger partial charge is 0.466 e. The van der Waals surface area contributed by atoms with E-state index in [1.165, 1.54) is 13.0 Å². The summed E-state index contributed by atoms with van der Waals surface area (Å²) in [6, 6.07) is 3.17. The van der Waals surface area contributed by atoms with Crippen LogP contribution in [0.2, 0.25) is 0 Å². The second kappa shape index (κ2) is 6.19. The number of aldehydes is 1. The van der Waals surface area contributed by atoms with Gasteiger partial charge in [-0.25, -0.2) is 0 Å². The minimum Gasteiger partial charge on any atom is -0.466 e. The molecule has 0 bridgehead atoms. The van der Waals surface area contributed by atoms with Crippen molar-refractivity contribution in [3.05, 3.63) is 34.4 Å². The smallest absolute Gasteiger partial charge is 0.417 e. The predicted molar refractivity (Wildman–Crippen MR) is 61.9 cm³/mol. The Morgan fingerprint density at radius 1 is 1.45 bits per heavy atom. The van der Waals surface area contributed by atoms with Crippen LogP contribution in [0.1, 0.15) is 34.0 Å². The molecule has 0 atom stereocenters. The quantitative estimate of drug-likeness (QED) is 0.629. The van der Waals surface area contributed by atoms with E-state index in [0.717, 1.165) is 12.1 Å². The number of esters is 1. The van der Waals surface area contributed by atoms with E-state index in [9.17, 15) is 22.8 Å². The van der Waals surface area contributed by atoms with Gasteiger partial charge in [0, 0.05) is 5.56 Å². The Bertz CT molecular complexity index is 573. The summed E-state index contributed by atoms with van der Waals surface area (Å²) in [7, 11) is 0. The Balaban J connectivity index is 3.42. The van der Waals surface area contributed by atoms with Crippen LogP contribution in [0, 0.1) is 11.3 Å². The van der Waals surface area contributed by atoms with Gasteiger partial charge in [-0.2, -0.15) is 18.4 Å². The highest BCUT2D eigenvalue weighted by molar-refractivity contribution is 5.79. The first-order valence-electron chi connectivity index (χ1n) is 5.58. The number of benzene rings is 1. The normalized spacial score (nSPS) is 10.8. The van der Waals surface area contributed by atoms with Gasteiger partial charge >= 0.3 is 12.1 Å². The number of carbonyl (C=O) groups is 2. The van der Waals surface area contributed by atoms with Crippen molar-refractivity contribution in [1.29, 1.82) is 5.26 Å². The van der Waals surface area contributed by atoms with Gasteiger partial charge in [0.2, 0.25) is 0 Å². The number of hydrogen-bond acceptors (Lipinski definition) is 4. The van der Waals surface area contributed by atoms with Crippen LogP contribution in [0.4, 0.5) is 13.2 Å². The molecule has 1 rings (SSSR count). The summed E-state index contributed by atoms with van der Waals surface area (Å²) in [5.41, 5.74) is -2.45. The molecular formula is C13H10F3NO3. The van der Waals surface area contributed by atoms with Crippen LogP contribution in [0.25, 0.3) is 0 Å². The fourth-order valence-electron chi connectivity index (χ4n) is 1.72. The molecule has 0 saturated heterocycles. The second-order valence-electron chi connectivity index (χ2n) is 3.81. The third-order valence-corrected chi connectivity index (χ3v) is 2.42. The Labute approximate surface area is 112 Å². The summed E-state index contributed by atoms with van der Waals surface area (Å²) in [6.07, 6.45) is -5.14. The molecule has 20 heavy (non-hydrogen) atoms. The summed E-state index contributed by atoms with van der Waals surface area (Å²) >= 11 is 0. The molecule has 1 aromatic rings. The van der Waals surface area contributed by atoms with Crippen LogP contribution >= 0.6 is 0 Å². The van der Waals surface area contributed by atoms with E-state index in [4.69, 9.17) is 5.26 Å². The van der Waals surface area contributed by atoms with E-state index in [1.54, 1.807) is 0 Å². The fraction of sp³-hybridized carbons (Fsp3) is 0.308. The molecule has 0 heterocycles. The van der Waals surface area contributed by atoms with Gasteiger partial charge in [0.05, 0.1) is 30.2 Å².